The number of anilines is 1. The van der Waals surface area contributed by atoms with Gasteiger partial charge in [-0.1, -0.05) is 6.07 Å². The highest BCUT2D eigenvalue weighted by Crippen LogP contribution is 2.29. The van der Waals surface area contributed by atoms with Gasteiger partial charge in [0.05, 0.1) is 11.6 Å². The molecule has 1 unspecified atom stereocenters. The van der Waals surface area contributed by atoms with E-state index in [4.69, 9.17) is 5.26 Å². The number of thiophene rings is 1. The van der Waals surface area contributed by atoms with Crippen LogP contribution in [0.1, 0.15) is 18.4 Å². The van der Waals surface area contributed by atoms with Gasteiger partial charge < -0.3 is 5.32 Å². The number of sulfonamides is 1. The lowest BCUT2D eigenvalue weighted by molar-refractivity contribution is -0.119. The van der Waals surface area contributed by atoms with Crippen molar-refractivity contribution in [2.24, 2.45) is 0 Å². The molecule has 6 nitrogen and oxygen atoms in total. The Kier molecular flexibility index (Phi) is 4.66. The number of nitrogens with zero attached hydrogens (tertiary/aromatic N) is 2. The number of nitriles is 1. The van der Waals surface area contributed by atoms with Crippen molar-refractivity contribution in [2.45, 2.75) is 23.1 Å². The number of hydrogen-bond donors (Lipinski definition) is 1. The Bertz CT molecular complexity index is 868. The van der Waals surface area contributed by atoms with Crippen LogP contribution in [-0.2, 0) is 14.8 Å². The summed E-state index contributed by atoms with van der Waals surface area (Å²) in [5, 5.41) is 13.2. The molecule has 1 aliphatic rings. The zero-order valence-electron chi connectivity index (χ0n) is 12.7. The molecule has 1 atom stereocenters. The predicted octanol–water partition coefficient (Wildman–Crippen LogP) is 2.41. The number of hydrogen-bond acceptors (Lipinski definition) is 5. The van der Waals surface area contributed by atoms with Gasteiger partial charge in [0.15, 0.2) is 0 Å². The number of benzene rings is 1. The molecule has 1 aromatic heterocycles. The fourth-order valence-corrected chi connectivity index (χ4v) is 5.45. The zero-order chi connectivity index (χ0) is 17.2. The molecular formula is C16H15N3O3S2. The average Bonchev–Trinajstić information content (AvgIpc) is 3.27. The summed E-state index contributed by atoms with van der Waals surface area (Å²) in [6.07, 6.45) is 1.14. The minimum Gasteiger partial charge on any atom is -0.325 e. The van der Waals surface area contributed by atoms with Gasteiger partial charge in [0.25, 0.3) is 10.0 Å². The molecule has 3 rings (SSSR count). The highest BCUT2D eigenvalue weighted by molar-refractivity contribution is 7.91. The van der Waals surface area contributed by atoms with Crippen LogP contribution in [0.25, 0.3) is 0 Å². The second-order valence-corrected chi connectivity index (χ2v) is 8.45. The number of carbonyl (C=O) groups excluding carboxylic acids is 1. The third-order valence-corrected chi connectivity index (χ3v) is 7.13. The summed E-state index contributed by atoms with van der Waals surface area (Å²) < 4.78 is 26.9. The fraction of sp³-hybridized carbons (Fsp3) is 0.250. The van der Waals surface area contributed by atoms with Gasteiger partial charge in [-0.25, -0.2) is 8.42 Å². The van der Waals surface area contributed by atoms with Crippen LogP contribution in [0.4, 0.5) is 5.69 Å². The Hall–Kier alpha value is -2.21. The van der Waals surface area contributed by atoms with Crippen LogP contribution in [0.2, 0.25) is 0 Å². The average molecular weight is 361 g/mol. The molecule has 1 amide bonds. The standard InChI is InChI=1S/C16H15N3O3S2/c17-11-12-5-7-13(8-6-12)18-16(20)14-3-1-9-19(14)24(21,22)15-4-2-10-23-15/h2,4-8,10,14H,1,3,9H2,(H,18,20). The van der Waals surface area contributed by atoms with Gasteiger partial charge in [-0.15, -0.1) is 11.3 Å². The zero-order valence-corrected chi connectivity index (χ0v) is 14.3. The van der Waals surface area contributed by atoms with Crippen LogP contribution in [0, 0.1) is 11.3 Å². The van der Waals surface area contributed by atoms with Crippen LogP contribution in [-0.4, -0.2) is 31.2 Å². The van der Waals surface area contributed by atoms with Crippen molar-refractivity contribution < 1.29 is 13.2 Å². The van der Waals surface area contributed by atoms with Gasteiger partial charge in [0.2, 0.25) is 5.91 Å². The second-order valence-electron chi connectivity index (χ2n) is 5.38. The molecule has 0 spiro atoms. The van der Waals surface area contributed by atoms with Crippen molar-refractivity contribution in [3.05, 3.63) is 47.3 Å². The minimum absolute atomic E-state index is 0.251. The van der Waals surface area contributed by atoms with Gasteiger partial charge in [-0.2, -0.15) is 9.57 Å². The maximum atomic E-state index is 12.7. The van der Waals surface area contributed by atoms with E-state index in [-0.39, 0.29) is 10.1 Å². The smallest absolute Gasteiger partial charge is 0.253 e. The fourth-order valence-electron chi connectivity index (χ4n) is 2.67. The summed E-state index contributed by atoms with van der Waals surface area (Å²) >= 11 is 1.15. The molecule has 0 aliphatic carbocycles. The highest BCUT2D eigenvalue weighted by atomic mass is 32.2. The molecule has 2 aromatic rings. The van der Waals surface area contributed by atoms with Gasteiger partial charge in [0.1, 0.15) is 10.3 Å². The van der Waals surface area contributed by atoms with E-state index in [9.17, 15) is 13.2 Å². The normalized spacial score (nSPS) is 18.2. The Labute approximate surface area is 144 Å². The minimum atomic E-state index is -3.64. The maximum absolute atomic E-state index is 12.7. The molecule has 1 saturated heterocycles. The molecule has 24 heavy (non-hydrogen) atoms. The molecule has 2 heterocycles. The van der Waals surface area contributed by atoms with Gasteiger partial charge in [-0.05, 0) is 48.6 Å². The van der Waals surface area contributed by atoms with E-state index in [2.05, 4.69) is 5.32 Å². The lowest BCUT2D eigenvalue weighted by atomic mass is 10.2. The summed E-state index contributed by atoms with van der Waals surface area (Å²) in [6.45, 7) is 0.339. The van der Waals surface area contributed by atoms with E-state index >= 15 is 0 Å². The molecule has 0 saturated carbocycles. The molecule has 1 fully saturated rings. The van der Waals surface area contributed by atoms with Crippen LogP contribution in [0.3, 0.4) is 0 Å². The summed E-state index contributed by atoms with van der Waals surface area (Å²) in [5.41, 5.74) is 1.04. The predicted molar refractivity (Wildman–Crippen MR) is 91.0 cm³/mol. The third kappa shape index (κ3) is 3.19. The molecule has 8 heteroatoms. The third-order valence-electron chi connectivity index (χ3n) is 3.85. The Morgan fingerprint density at radius 2 is 2.04 bits per heavy atom. The second kappa shape index (κ2) is 6.73. The molecular weight excluding hydrogens is 346 g/mol. The van der Waals surface area contributed by atoms with Crippen LogP contribution >= 0.6 is 11.3 Å². The monoisotopic (exact) mass is 361 g/mol. The largest absolute Gasteiger partial charge is 0.325 e. The first-order valence-corrected chi connectivity index (χ1v) is 9.71. The molecule has 0 radical (unpaired) electrons. The Morgan fingerprint density at radius 3 is 2.67 bits per heavy atom. The lowest BCUT2D eigenvalue weighted by Gasteiger charge is -2.22. The van der Waals surface area contributed by atoms with E-state index < -0.39 is 16.1 Å². The Morgan fingerprint density at radius 1 is 1.29 bits per heavy atom. The first-order chi connectivity index (χ1) is 11.5. The van der Waals surface area contributed by atoms with Gasteiger partial charge >= 0.3 is 0 Å². The summed E-state index contributed by atoms with van der Waals surface area (Å²) in [6, 6.07) is 11.0. The highest BCUT2D eigenvalue weighted by Gasteiger charge is 2.39. The number of carbonyl (C=O) groups is 1. The topological polar surface area (TPSA) is 90.3 Å². The van der Waals surface area contributed by atoms with Crippen molar-refractivity contribution in [3.8, 4) is 6.07 Å². The van der Waals surface area contributed by atoms with Crippen LogP contribution < -0.4 is 5.32 Å². The van der Waals surface area contributed by atoms with E-state index in [0.717, 1.165) is 11.3 Å². The summed E-state index contributed by atoms with van der Waals surface area (Å²) in [5.74, 6) is -0.350. The first-order valence-electron chi connectivity index (χ1n) is 7.39. The first kappa shape index (κ1) is 16.6. The molecule has 124 valence electrons. The number of rotatable bonds is 4. The van der Waals surface area contributed by atoms with Crippen molar-refractivity contribution >= 4 is 33.0 Å². The lowest BCUT2D eigenvalue weighted by Crippen LogP contribution is -2.42. The van der Waals surface area contributed by atoms with Crippen LogP contribution in [0.15, 0.2) is 46.0 Å². The SMILES string of the molecule is N#Cc1ccc(NC(=O)C2CCCN2S(=O)(=O)c2cccs2)cc1. The number of nitrogens with one attached hydrogen (secondary N) is 1. The van der Waals surface area contributed by atoms with Crippen molar-refractivity contribution in [3.63, 3.8) is 0 Å². The van der Waals surface area contributed by atoms with Crippen molar-refractivity contribution in [1.82, 2.24) is 4.31 Å². The van der Waals surface area contributed by atoms with Gasteiger partial charge in [-0.3, -0.25) is 4.79 Å². The summed E-state index contributed by atoms with van der Waals surface area (Å²) in [4.78, 5) is 12.5. The van der Waals surface area contributed by atoms with E-state index in [1.807, 2.05) is 6.07 Å². The molecule has 0 bridgehead atoms. The maximum Gasteiger partial charge on any atom is 0.253 e. The molecule has 1 N–H and O–H groups in total. The van der Waals surface area contributed by atoms with Crippen molar-refractivity contribution in [2.75, 3.05) is 11.9 Å². The van der Waals surface area contributed by atoms with Crippen molar-refractivity contribution in [1.29, 1.82) is 5.26 Å². The number of amides is 1. The van der Waals surface area contributed by atoms with E-state index in [1.54, 1.807) is 41.8 Å². The quantitative estimate of drug-likeness (QED) is 0.905. The molecule has 1 aromatic carbocycles. The van der Waals surface area contributed by atoms with Crippen LogP contribution in [0.5, 0.6) is 0 Å². The Balaban J connectivity index is 1.77. The van der Waals surface area contributed by atoms with E-state index in [0.29, 0.717) is 30.6 Å². The molecule has 1 aliphatic heterocycles. The van der Waals surface area contributed by atoms with Gasteiger partial charge in [0, 0.05) is 12.2 Å². The van der Waals surface area contributed by atoms with E-state index in [1.165, 1.54) is 4.31 Å². The summed E-state index contributed by atoms with van der Waals surface area (Å²) in [7, 11) is -3.64.